The number of benzene rings is 2. The number of methoxy groups -OCH3 is 1. The number of aromatic nitrogens is 1. The lowest BCUT2D eigenvalue weighted by molar-refractivity contribution is -0.135. The molecule has 9 nitrogen and oxygen atoms in total. The second kappa shape index (κ2) is 12.0. The lowest BCUT2D eigenvalue weighted by Crippen LogP contribution is -2.48. The molecule has 2 heterocycles. The van der Waals surface area contributed by atoms with Crippen molar-refractivity contribution in [3.8, 4) is 17.0 Å². The maximum Gasteiger partial charge on any atom is 0.409 e. The fourth-order valence-corrected chi connectivity index (χ4v) is 5.36. The van der Waals surface area contributed by atoms with Gasteiger partial charge in [-0.15, -0.1) is 0 Å². The average Bonchev–Trinajstić information content (AvgIpc) is 3.17. The first kappa shape index (κ1) is 30.8. The van der Waals surface area contributed by atoms with Crippen LogP contribution in [-0.2, 0) is 15.1 Å². The molecule has 11 heteroatoms. The van der Waals surface area contributed by atoms with Crippen molar-refractivity contribution in [1.29, 1.82) is 5.41 Å². The highest BCUT2D eigenvalue weighted by molar-refractivity contribution is 6.33. The Morgan fingerprint density at radius 1 is 1.19 bits per heavy atom. The first-order valence-corrected chi connectivity index (χ1v) is 13.7. The predicted molar refractivity (Wildman–Crippen MR) is 159 cm³/mol. The molecule has 0 spiro atoms. The number of carbonyl (C=O) groups is 2. The summed E-state index contributed by atoms with van der Waals surface area (Å²) in [7, 11) is 4.52. The number of hydrogen-bond acceptors (Lipinski definition) is 6. The Balaban J connectivity index is 1.86. The Bertz CT molecular complexity index is 1490. The van der Waals surface area contributed by atoms with Crippen molar-refractivity contribution < 1.29 is 23.5 Å². The summed E-state index contributed by atoms with van der Waals surface area (Å²) < 4.78 is 26.4. The molecular formula is C31H35ClFN5O4. The summed E-state index contributed by atoms with van der Waals surface area (Å²) in [6, 6.07) is 13.9. The third kappa shape index (κ3) is 6.18. The van der Waals surface area contributed by atoms with Gasteiger partial charge in [-0.05, 0) is 53.8 Å². The van der Waals surface area contributed by atoms with Gasteiger partial charge >= 0.3 is 6.09 Å². The summed E-state index contributed by atoms with van der Waals surface area (Å²) in [5.41, 5.74) is -0.210. The maximum atomic E-state index is 15.6. The number of amides is 2. The summed E-state index contributed by atoms with van der Waals surface area (Å²) in [6.07, 6.45) is 1.19. The summed E-state index contributed by atoms with van der Waals surface area (Å²) in [5, 5.41) is 12.4. The van der Waals surface area contributed by atoms with Gasteiger partial charge in [0.2, 0.25) is 0 Å². The van der Waals surface area contributed by atoms with Crippen LogP contribution in [0.3, 0.4) is 0 Å². The van der Waals surface area contributed by atoms with Crippen LogP contribution < -0.4 is 10.1 Å². The third-order valence-electron chi connectivity index (χ3n) is 6.95. The molecule has 0 unspecified atom stereocenters. The molecule has 1 saturated heterocycles. The van der Waals surface area contributed by atoms with E-state index in [1.807, 2.05) is 26.8 Å². The Hall–Kier alpha value is -4.18. The topological polar surface area (TPSA) is 108 Å². The smallest absolute Gasteiger partial charge is 0.409 e. The monoisotopic (exact) mass is 595 g/mol. The standard InChI is InChI=1S/C31H35ClFN5O4/c1-30(2,3)18-31(22-12-11-20(41-6)16-24(22)33)27(39)38(28(34)36-31)26(17-42-29(40)37(4)5)19-10-13-23(32)21(15-19)25-9-7-8-14-35-25/h7-16,26H,17-18H2,1-6H3,(H2,34,36)/t26-,31-/m1/s1. The number of rotatable bonds is 8. The van der Waals surface area contributed by atoms with Gasteiger partial charge in [0.05, 0.1) is 18.8 Å². The predicted octanol–water partition coefficient (Wildman–Crippen LogP) is 5.99. The van der Waals surface area contributed by atoms with Gasteiger partial charge in [-0.3, -0.25) is 20.1 Å². The number of nitrogens with zero attached hydrogens (tertiary/aromatic N) is 3. The summed E-state index contributed by atoms with van der Waals surface area (Å²) in [5.74, 6) is -1.14. The highest BCUT2D eigenvalue weighted by atomic mass is 35.5. The zero-order chi connectivity index (χ0) is 30.8. The van der Waals surface area contributed by atoms with Crippen molar-refractivity contribution in [1.82, 2.24) is 20.1 Å². The number of nitrogens with one attached hydrogen (secondary N) is 2. The largest absolute Gasteiger partial charge is 0.497 e. The number of pyridine rings is 1. The van der Waals surface area contributed by atoms with E-state index in [2.05, 4.69) is 10.3 Å². The number of halogens is 2. The van der Waals surface area contributed by atoms with Crippen LogP contribution in [0.4, 0.5) is 9.18 Å². The molecule has 1 fully saturated rings. The molecule has 42 heavy (non-hydrogen) atoms. The second-order valence-corrected chi connectivity index (χ2v) is 12.0. The first-order valence-electron chi connectivity index (χ1n) is 13.4. The zero-order valence-corrected chi connectivity index (χ0v) is 25.3. The fraction of sp³-hybridized carbons (Fsp3) is 0.355. The van der Waals surface area contributed by atoms with Crippen molar-refractivity contribution in [2.45, 2.75) is 38.8 Å². The lowest BCUT2D eigenvalue weighted by Gasteiger charge is -2.35. The molecule has 1 aliphatic rings. The number of guanidine groups is 1. The SMILES string of the molecule is COc1ccc([C@@]2(CC(C)(C)C)NC(=N)N([C@H](COC(=O)N(C)C)c3ccc(Cl)c(-c4ccccn4)c3)C2=O)c(F)c1. The van der Waals surface area contributed by atoms with Crippen molar-refractivity contribution in [2.75, 3.05) is 27.8 Å². The van der Waals surface area contributed by atoms with Crippen LogP contribution in [0.5, 0.6) is 5.75 Å². The van der Waals surface area contributed by atoms with E-state index in [9.17, 15) is 9.59 Å². The molecule has 0 saturated carbocycles. The van der Waals surface area contributed by atoms with Crippen LogP contribution in [0.25, 0.3) is 11.3 Å². The van der Waals surface area contributed by atoms with Gasteiger partial charge in [0.15, 0.2) is 5.96 Å². The van der Waals surface area contributed by atoms with Gasteiger partial charge in [0, 0.05) is 42.5 Å². The van der Waals surface area contributed by atoms with Crippen LogP contribution in [-0.4, -0.2) is 60.6 Å². The Kier molecular flexibility index (Phi) is 8.77. The molecule has 2 atom stereocenters. The van der Waals surface area contributed by atoms with E-state index in [1.54, 1.807) is 56.7 Å². The minimum absolute atomic E-state index is 0.0878. The van der Waals surface area contributed by atoms with Crippen LogP contribution >= 0.6 is 11.6 Å². The van der Waals surface area contributed by atoms with Crippen LogP contribution in [0.1, 0.15) is 44.4 Å². The van der Waals surface area contributed by atoms with E-state index in [0.29, 0.717) is 27.6 Å². The second-order valence-electron chi connectivity index (χ2n) is 11.6. The Labute approximate surface area is 250 Å². The van der Waals surface area contributed by atoms with Gasteiger partial charge in [-0.2, -0.15) is 0 Å². The quantitative estimate of drug-likeness (QED) is 0.331. The Morgan fingerprint density at radius 3 is 2.52 bits per heavy atom. The molecular weight excluding hydrogens is 561 g/mol. The highest BCUT2D eigenvalue weighted by Crippen LogP contribution is 2.44. The van der Waals surface area contributed by atoms with E-state index in [-0.39, 0.29) is 24.6 Å². The van der Waals surface area contributed by atoms with Crippen LogP contribution in [0, 0.1) is 16.6 Å². The molecule has 2 amide bonds. The normalized spacial score (nSPS) is 17.6. The summed E-state index contributed by atoms with van der Waals surface area (Å²) >= 11 is 6.54. The van der Waals surface area contributed by atoms with E-state index < -0.39 is 34.8 Å². The molecule has 2 aromatic carbocycles. The average molecular weight is 596 g/mol. The first-order chi connectivity index (χ1) is 19.8. The highest BCUT2D eigenvalue weighted by Gasteiger charge is 2.55. The third-order valence-corrected chi connectivity index (χ3v) is 7.28. The van der Waals surface area contributed by atoms with Crippen LogP contribution in [0.15, 0.2) is 60.8 Å². The molecule has 4 rings (SSSR count). The summed E-state index contributed by atoms with van der Waals surface area (Å²) in [4.78, 5) is 33.9. The van der Waals surface area contributed by atoms with E-state index >= 15 is 4.39 Å². The van der Waals surface area contributed by atoms with E-state index in [0.717, 1.165) is 0 Å². The molecule has 0 radical (unpaired) electrons. The molecule has 1 aromatic heterocycles. The van der Waals surface area contributed by atoms with E-state index in [4.69, 9.17) is 26.5 Å². The number of ether oxygens (including phenoxy) is 2. The van der Waals surface area contributed by atoms with Gasteiger partial charge in [0.1, 0.15) is 23.7 Å². The van der Waals surface area contributed by atoms with Crippen molar-refractivity contribution >= 4 is 29.6 Å². The van der Waals surface area contributed by atoms with Gasteiger partial charge < -0.3 is 19.7 Å². The van der Waals surface area contributed by atoms with Gasteiger partial charge in [0.25, 0.3) is 5.91 Å². The zero-order valence-electron chi connectivity index (χ0n) is 24.5. The van der Waals surface area contributed by atoms with Gasteiger partial charge in [-0.1, -0.05) is 44.5 Å². The fourth-order valence-electron chi connectivity index (χ4n) is 5.15. The van der Waals surface area contributed by atoms with Crippen molar-refractivity contribution in [2.24, 2.45) is 5.41 Å². The molecule has 2 N–H and O–H groups in total. The Morgan fingerprint density at radius 2 is 1.93 bits per heavy atom. The maximum absolute atomic E-state index is 15.6. The summed E-state index contributed by atoms with van der Waals surface area (Å²) in [6.45, 7) is 5.54. The van der Waals surface area contributed by atoms with Crippen molar-refractivity contribution in [3.63, 3.8) is 0 Å². The molecule has 1 aliphatic heterocycles. The van der Waals surface area contributed by atoms with Gasteiger partial charge in [-0.25, -0.2) is 9.18 Å². The molecule has 3 aromatic rings. The molecule has 0 bridgehead atoms. The van der Waals surface area contributed by atoms with E-state index in [1.165, 1.54) is 29.0 Å². The van der Waals surface area contributed by atoms with Crippen LogP contribution in [0.2, 0.25) is 5.02 Å². The minimum atomic E-state index is -1.61. The van der Waals surface area contributed by atoms with Crippen molar-refractivity contribution in [3.05, 3.63) is 82.8 Å². The number of hydrogen-bond donors (Lipinski definition) is 2. The molecule has 0 aliphatic carbocycles. The molecule has 222 valence electrons. The lowest BCUT2D eigenvalue weighted by atomic mass is 9.75. The minimum Gasteiger partial charge on any atom is -0.497 e. The number of carbonyl (C=O) groups excluding carboxylic acids is 2.